The number of aliphatic hydroxyl groups is 1. The van der Waals surface area contributed by atoms with Gasteiger partial charge in [0, 0.05) is 12.1 Å². The van der Waals surface area contributed by atoms with E-state index < -0.39 is 5.60 Å². The molecule has 4 nitrogen and oxygen atoms in total. The van der Waals surface area contributed by atoms with Gasteiger partial charge in [-0.1, -0.05) is 0 Å². The Labute approximate surface area is 83.2 Å². The molecule has 0 aromatic rings. The molecule has 0 bridgehead atoms. The van der Waals surface area contributed by atoms with Gasteiger partial charge in [-0.2, -0.15) is 0 Å². The van der Waals surface area contributed by atoms with E-state index in [1.807, 2.05) is 20.8 Å². The first-order chi connectivity index (χ1) is 6.38. The Morgan fingerprint density at radius 2 is 2.29 bits per heavy atom. The summed E-state index contributed by atoms with van der Waals surface area (Å²) in [7, 11) is 0. The van der Waals surface area contributed by atoms with E-state index >= 15 is 0 Å². The highest BCUT2D eigenvalue weighted by Crippen LogP contribution is 2.46. The second-order valence-electron chi connectivity index (χ2n) is 4.85. The van der Waals surface area contributed by atoms with Crippen LogP contribution in [-0.2, 0) is 4.74 Å². The molecule has 14 heavy (non-hydrogen) atoms. The fourth-order valence-electron chi connectivity index (χ4n) is 1.64. The maximum absolute atomic E-state index is 11.6. The molecule has 78 valence electrons. The SMILES string of the molecule is CC(C)(C)OC(=O)N1C=C(O)C2CC21. The Kier molecular flexibility index (Phi) is 1.77. The lowest BCUT2D eigenvalue weighted by Crippen LogP contribution is -2.34. The first-order valence-electron chi connectivity index (χ1n) is 4.80. The van der Waals surface area contributed by atoms with Crippen LogP contribution in [0.25, 0.3) is 0 Å². The van der Waals surface area contributed by atoms with Crippen molar-refractivity contribution in [1.29, 1.82) is 0 Å². The highest BCUT2D eigenvalue weighted by atomic mass is 16.6. The van der Waals surface area contributed by atoms with E-state index in [1.165, 1.54) is 11.1 Å². The van der Waals surface area contributed by atoms with E-state index in [1.54, 1.807) is 0 Å². The van der Waals surface area contributed by atoms with Crippen LogP contribution in [0.15, 0.2) is 12.0 Å². The van der Waals surface area contributed by atoms with Gasteiger partial charge in [0.15, 0.2) is 0 Å². The third-order valence-electron chi connectivity index (χ3n) is 2.37. The zero-order chi connectivity index (χ0) is 10.5. The minimum atomic E-state index is -0.479. The van der Waals surface area contributed by atoms with Gasteiger partial charge in [0.1, 0.15) is 11.4 Å². The maximum atomic E-state index is 11.6. The van der Waals surface area contributed by atoms with Gasteiger partial charge in [-0.3, -0.25) is 4.90 Å². The number of hydrogen-bond acceptors (Lipinski definition) is 3. The van der Waals surface area contributed by atoms with Gasteiger partial charge in [-0.25, -0.2) is 4.79 Å². The molecule has 4 heteroatoms. The lowest BCUT2D eigenvalue weighted by atomic mass is 10.2. The van der Waals surface area contributed by atoms with Gasteiger partial charge >= 0.3 is 6.09 Å². The van der Waals surface area contributed by atoms with Crippen molar-refractivity contribution in [3.05, 3.63) is 12.0 Å². The number of carbonyl (C=O) groups excluding carboxylic acids is 1. The molecule has 2 atom stereocenters. The van der Waals surface area contributed by atoms with Crippen LogP contribution < -0.4 is 0 Å². The fourth-order valence-corrected chi connectivity index (χ4v) is 1.64. The molecular formula is C10H15NO3. The summed E-state index contributed by atoms with van der Waals surface area (Å²) in [5, 5.41) is 9.37. The van der Waals surface area contributed by atoms with E-state index in [0.717, 1.165) is 6.42 Å². The topological polar surface area (TPSA) is 49.8 Å². The lowest BCUT2D eigenvalue weighted by Gasteiger charge is -2.23. The highest BCUT2D eigenvalue weighted by Gasteiger charge is 2.52. The Bertz CT molecular complexity index is 303. The Balaban J connectivity index is 2.00. The monoisotopic (exact) mass is 197 g/mol. The molecule has 1 heterocycles. The number of rotatable bonds is 0. The van der Waals surface area contributed by atoms with Crippen LogP contribution in [0.5, 0.6) is 0 Å². The molecule has 0 saturated heterocycles. The van der Waals surface area contributed by atoms with Crippen molar-refractivity contribution < 1.29 is 14.6 Å². The van der Waals surface area contributed by atoms with Crippen molar-refractivity contribution in [1.82, 2.24) is 4.90 Å². The zero-order valence-electron chi connectivity index (χ0n) is 8.65. The first kappa shape index (κ1) is 9.37. The largest absolute Gasteiger partial charge is 0.510 e. The normalized spacial score (nSPS) is 29.6. The summed E-state index contributed by atoms with van der Waals surface area (Å²) in [5.74, 6) is 0.475. The van der Waals surface area contributed by atoms with Crippen LogP contribution in [-0.4, -0.2) is 27.7 Å². The minimum Gasteiger partial charge on any atom is -0.510 e. The van der Waals surface area contributed by atoms with Crippen molar-refractivity contribution in [2.24, 2.45) is 5.92 Å². The summed E-state index contributed by atoms with van der Waals surface area (Å²) in [6.45, 7) is 5.48. The molecule has 0 radical (unpaired) electrons. The number of aliphatic hydroxyl groups excluding tert-OH is 1. The number of ether oxygens (including phenoxy) is 1. The molecule has 0 aromatic carbocycles. The summed E-state index contributed by atoms with van der Waals surface area (Å²) >= 11 is 0. The van der Waals surface area contributed by atoms with E-state index in [-0.39, 0.29) is 18.1 Å². The van der Waals surface area contributed by atoms with Crippen molar-refractivity contribution in [2.45, 2.75) is 38.8 Å². The fraction of sp³-hybridized carbons (Fsp3) is 0.700. The molecule has 1 aliphatic heterocycles. The second kappa shape index (κ2) is 2.65. The third kappa shape index (κ3) is 1.56. The van der Waals surface area contributed by atoms with Crippen molar-refractivity contribution in [2.75, 3.05) is 0 Å². The first-order valence-corrected chi connectivity index (χ1v) is 4.80. The predicted octanol–water partition coefficient (Wildman–Crippen LogP) is 2.03. The molecular weight excluding hydrogens is 182 g/mol. The molecule has 2 rings (SSSR count). The van der Waals surface area contributed by atoms with Crippen LogP contribution >= 0.6 is 0 Å². The lowest BCUT2D eigenvalue weighted by molar-refractivity contribution is 0.0328. The van der Waals surface area contributed by atoms with Crippen LogP contribution in [0.1, 0.15) is 27.2 Å². The number of carbonyl (C=O) groups is 1. The summed E-state index contributed by atoms with van der Waals surface area (Å²) in [6.07, 6.45) is 1.98. The standard InChI is InChI=1S/C10H15NO3/c1-10(2,3)14-9(13)11-5-8(12)6-4-7(6)11/h5-7,12H,4H2,1-3H3. The van der Waals surface area contributed by atoms with Gasteiger partial charge in [-0.05, 0) is 27.2 Å². The third-order valence-corrected chi connectivity index (χ3v) is 2.37. The van der Waals surface area contributed by atoms with Crippen molar-refractivity contribution in [3.8, 4) is 0 Å². The summed E-state index contributed by atoms with van der Waals surface area (Å²) in [5.41, 5.74) is -0.479. The van der Waals surface area contributed by atoms with E-state index in [9.17, 15) is 9.90 Å². The number of hydrogen-bond donors (Lipinski definition) is 1. The van der Waals surface area contributed by atoms with Crippen molar-refractivity contribution >= 4 is 6.09 Å². The molecule has 1 fully saturated rings. The molecule has 2 unspecified atom stereocenters. The second-order valence-corrected chi connectivity index (χ2v) is 4.85. The van der Waals surface area contributed by atoms with Gasteiger partial charge in [0.2, 0.25) is 0 Å². The van der Waals surface area contributed by atoms with Gasteiger partial charge in [0.05, 0.1) is 6.04 Å². The van der Waals surface area contributed by atoms with Crippen LogP contribution in [0, 0.1) is 5.92 Å². The van der Waals surface area contributed by atoms with Crippen molar-refractivity contribution in [3.63, 3.8) is 0 Å². The van der Waals surface area contributed by atoms with E-state index in [2.05, 4.69) is 0 Å². The quantitative estimate of drug-likeness (QED) is 0.646. The Hall–Kier alpha value is -1.19. The number of fused-ring (bicyclic) bond motifs is 1. The summed E-state index contributed by atoms with van der Waals surface area (Å²) in [4.78, 5) is 13.1. The zero-order valence-corrected chi connectivity index (χ0v) is 8.65. The minimum absolute atomic E-state index is 0.143. The predicted molar refractivity (Wildman–Crippen MR) is 50.7 cm³/mol. The van der Waals surface area contributed by atoms with Crippen LogP contribution in [0.4, 0.5) is 4.79 Å². The summed E-state index contributed by atoms with van der Waals surface area (Å²) < 4.78 is 5.20. The molecule has 2 aliphatic rings. The summed E-state index contributed by atoms with van der Waals surface area (Å²) in [6, 6.07) is 0.143. The maximum Gasteiger partial charge on any atom is 0.414 e. The average Bonchev–Trinajstić information content (AvgIpc) is 2.69. The van der Waals surface area contributed by atoms with E-state index in [4.69, 9.17) is 4.74 Å². The molecule has 1 N–H and O–H groups in total. The molecule has 1 aliphatic carbocycles. The molecule has 0 aromatic heterocycles. The van der Waals surface area contributed by atoms with Crippen LogP contribution in [0.2, 0.25) is 0 Å². The van der Waals surface area contributed by atoms with Gasteiger partial charge in [-0.15, -0.1) is 0 Å². The Morgan fingerprint density at radius 3 is 2.64 bits per heavy atom. The number of amides is 1. The van der Waals surface area contributed by atoms with Crippen LogP contribution in [0.3, 0.4) is 0 Å². The molecule has 1 amide bonds. The molecule has 1 saturated carbocycles. The highest BCUT2D eigenvalue weighted by molar-refractivity contribution is 5.71. The van der Waals surface area contributed by atoms with E-state index in [0.29, 0.717) is 5.76 Å². The smallest absolute Gasteiger partial charge is 0.414 e. The number of nitrogens with zero attached hydrogens (tertiary/aromatic N) is 1. The van der Waals surface area contributed by atoms with Gasteiger partial charge < -0.3 is 9.84 Å². The average molecular weight is 197 g/mol. The Morgan fingerprint density at radius 1 is 1.64 bits per heavy atom. The van der Waals surface area contributed by atoms with Gasteiger partial charge in [0.25, 0.3) is 0 Å². The molecule has 0 spiro atoms.